The Bertz CT molecular complexity index is 1850. The Morgan fingerprint density at radius 1 is 1.00 bits per heavy atom. The molecule has 0 bridgehead atoms. The fraction of sp³-hybridized carbons (Fsp3) is 0.395. The number of aromatic nitrogens is 1. The van der Waals surface area contributed by atoms with Crippen molar-refractivity contribution in [3.63, 3.8) is 0 Å². The molecule has 3 aromatic carbocycles. The summed E-state index contributed by atoms with van der Waals surface area (Å²) in [6.07, 6.45) is 3.25. The molecule has 1 saturated heterocycles. The maximum atomic E-state index is 14.0. The Morgan fingerprint density at radius 2 is 1.63 bits per heavy atom. The van der Waals surface area contributed by atoms with Crippen molar-refractivity contribution >= 4 is 55.9 Å². The highest BCUT2D eigenvalue weighted by Crippen LogP contribution is 2.36. The first kappa shape index (κ1) is 39.0. The van der Waals surface area contributed by atoms with Gasteiger partial charge in [-0.25, -0.2) is 23.0 Å². The molecule has 1 aromatic heterocycles. The molecule has 52 heavy (non-hydrogen) atoms. The van der Waals surface area contributed by atoms with Crippen LogP contribution in [0.25, 0.3) is 11.3 Å². The van der Waals surface area contributed by atoms with Crippen molar-refractivity contribution in [2.45, 2.75) is 57.6 Å². The van der Waals surface area contributed by atoms with Gasteiger partial charge in [0.05, 0.1) is 6.26 Å². The van der Waals surface area contributed by atoms with Crippen molar-refractivity contribution < 1.29 is 22.7 Å². The number of ether oxygens (including phenoxy) is 1. The summed E-state index contributed by atoms with van der Waals surface area (Å²) in [5.74, 6) is 0.0763. The minimum Gasteiger partial charge on any atom is -0.444 e. The molecular weight excluding hydrogens is 720 g/mol. The van der Waals surface area contributed by atoms with Crippen LogP contribution >= 0.6 is 22.9 Å². The third-order valence-electron chi connectivity index (χ3n) is 8.53. The van der Waals surface area contributed by atoms with Crippen LogP contribution in [0.15, 0.2) is 84.9 Å². The number of benzene rings is 3. The van der Waals surface area contributed by atoms with Crippen LogP contribution in [-0.2, 0) is 14.8 Å². The number of rotatable bonds is 13. The Morgan fingerprint density at radius 3 is 2.23 bits per heavy atom. The number of amides is 3. The van der Waals surface area contributed by atoms with E-state index in [-0.39, 0.29) is 24.1 Å². The van der Waals surface area contributed by atoms with Crippen LogP contribution in [0.2, 0.25) is 4.34 Å². The molecule has 1 aliphatic heterocycles. The number of likely N-dealkylation sites (tertiary alicyclic amines) is 1. The lowest BCUT2D eigenvalue weighted by Gasteiger charge is -2.35. The zero-order chi connectivity index (χ0) is 37.3. The van der Waals surface area contributed by atoms with E-state index in [1.807, 2.05) is 57.2 Å². The maximum Gasteiger partial charge on any atom is 0.410 e. The lowest BCUT2D eigenvalue weighted by atomic mass is 9.88. The molecule has 1 aliphatic rings. The zero-order valence-electron chi connectivity index (χ0n) is 30.0. The quantitative estimate of drug-likeness (QED) is 0.126. The van der Waals surface area contributed by atoms with Gasteiger partial charge < -0.3 is 19.9 Å². The molecule has 5 rings (SSSR count). The molecular formula is C38H47ClN6O5S2. The molecule has 2 heterocycles. The summed E-state index contributed by atoms with van der Waals surface area (Å²) in [7, 11) is -3.41. The predicted molar refractivity (Wildman–Crippen MR) is 210 cm³/mol. The normalized spacial score (nSPS) is 15.0. The summed E-state index contributed by atoms with van der Waals surface area (Å²) in [6, 6.07) is 27.1. The summed E-state index contributed by atoms with van der Waals surface area (Å²) in [6.45, 7) is 8.21. The van der Waals surface area contributed by atoms with Crippen molar-refractivity contribution in [2.75, 3.05) is 49.0 Å². The van der Waals surface area contributed by atoms with Gasteiger partial charge in [-0.1, -0.05) is 95.7 Å². The molecule has 14 heteroatoms. The molecule has 0 saturated carbocycles. The number of thiazole rings is 1. The fourth-order valence-electron chi connectivity index (χ4n) is 6.15. The molecule has 11 nitrogen and oxygen atoms in total. The van der Waals surface area contributed by atoms with Crippen LogP contribution in [0, 0.1) is 0 Å². The molecule has 1 atom stereocenters. The monoisotopic (exact) mass is 766 g/mol. The maximum absolute atomic E-state index is 14.0. The second-order valence-corrected chi connectivity index (χ2v) is 17.2. The van der Waals surface area contributed by atoms with Crippen LogP contribution in [0.3, 0.4) is 0 Å². The highest BCUT2D eigenvalue weighted by atomic mass is 35.5. The molecule has 0 spiro atoms. The van der Waals surface area contributed by atoms with Crippen molar-refractivity contribution in [3.05, 3.63) is 100 Å². The largest absolute Gasteiger partial charge is 0.444 e. The number of sulfonamides is 1. The van der Waals surface area contributed by atoms with Crippen molar-refractivity contribution in [2.24, 2.45) is 0 Å². The zero-order valence-corrected chi connectivity index (χ0v) is 32.4. The molecule has 3 amide bonds. The highest BCUT2D eigenvalue weighted by molar-refractivity contribution is 7.92. The minimum absolute atomic E-state index is 0.0758. The highest BCUT2D eigenvalue weighted by Gasteiger charge is 2.28. The van der Waals surface area contributed by atoms with E-state index < -0.39 is 15.6 Å². The number of carbonyl (C=O) groups excluding carboxylic acids is 2. The molecule has 278 valence electrons. The Hall–Kier alpha value is -4.17. The number of urea groups is 1. The van der Waals surface area contributed by atoms with E-state index in [1.165, 1.54) is 11.1 Å². The van der Waals surface area contributed by atoms with E-state index in [2.05, 4.69) is 44.6 Å². The summed E-state index contributed by atoms with van der Waals surface area (Å²) in [5, 5.41) is 6.90. The number of hydrogen-bond acceptors (Lipinski definition) is 8. The van der Waals surface area contributed by atoms with Gasteiger partial charge >= 0.3 is 12.1 Å². The Kier molecular flexibility index (Phi) is 13.2. The van der Waals surface area contributed by atoms with Crippen LogP contribution in [0.5, 0.6) is 0 Å². The van der Waals surface area contributed by atoms with Gasteiger partial charge in [-0.2, -0.15) is 0 Å². The third-order valence-corrected chi connectivity index (χ3v) is 10.3. The van der Waals surface area contributed by atoms with Crippen LogP contribution in [0.1, 0.15) is 57.1 Å². The van der Waals surface area contributed by atoms with Crippen LogP contribution in [0.4, 0.5) is 20.4 Å². The Balaban J connectivity index is 1.29. The van der Waals surface area contributed by atoms with Gasteiger partial charge in [-0.05, 0) is 63.3 Å². The van der Waals surface area contributed by atoms with Gasteiger partial charge in [-0.15, -0.1) is 0 Å². The first-order chi connectivity index (χ1) is 24.7. The fourth-order valence-corrected chi connectivity index (χ4v) is 7.79. The standard InChI is InChI=1S/C38H47ClN6O5S2/c1-38(2,3)50-37(47)45-23-11-16-31(26-45)40-22-25-44(24-21-32(27-12-7-5-8-13-27)28-14-9-6-10-15-28)36(46)42-35-41-33(34(39)51-35)29-17-19-30(20-18-29)43-52(4,48)49/h5-10,12-15,17-20,31-32,40,43H,11,16,21-26H2,1-4H3,(H,41,42,46)/t31-/m1/s1. The summed E-state index contributed by atoms with van der Waals surface area (Å²) >= 11 is 7.76. The molecule has 0 aliphatic carbocycles. The lowest BCUT2D eigenvalue weighted by molar-refractivity contribution is 0.0187. The SMILES string of the molecule is CC(C)(C)OC(=O)N1CCC[C@@H](NCCN(CCC(c2ccccc2)c2ccccc2)C(=O)Nc2nc(-c3ccc(NS(C)(=O)=O)cc3)c(Cl)s2)C1. The number of nitrogens with zero attached hydrogens (tertiary/aromatic N) is 3. The Labute approximate surface area is 315 Å². The molecule has 4 aromatic rings. The molecule has 3 N–H and O–H groups in total. The van der Waals surface area contributed by atoms with E-state index in [1.54, 1.807) is 34.1 Å². The number of anilines is 2. The minimum atomic E-state index is -3.41. The summed E-state index contributed by atoms with van der Waals surface area (Å²) in [5.41, 5.74) is 3.37. The van der Waals surface area contributed by atoms with Crippen LogP contribution < -0.4 is 15.4 Å². The van der Waals surface area contributed by atoms with Gasteiger partial charge in [0.15, 0.2) is 5.13 Å². The van der Waals surface area contributed by atoms with E-state index in [0.717, 1.165) is 30.4 Å². The average molecular weight is 767 g/mol. The van der Waals surface area contributed by atoms with Gasteiger partial charge in [0.2, 0.25) is 10.0 Å². The summed E-state index contributed by atoms with van der Waals surface area (Å²) in [4.78, 5) is 34.9. The second kappa shape index (κ2) is 17.6. The molecule has 0 radical (unpaired) electrons. The number of hydrogen-bond donors (Lipinski definition) is 3. The molecule has 0 unspecified atom stereocenters. The van der Waals surface area contributed by atoms with Gasteiger partial charge in [0, 0.05) is 55.9 Å². The van der Waals surface area contributed by atoms with Crippen molar-refractivity contribution in [1.29, 1.82) is 0 Å². The van der Waals surface area contributed by atoms with E-state index in [0.29, 0.717) is 65.6 Å². The topological polar surface area (TPSA) is 133 Å². The smallest absolute Gasteiger partial charge is 0.410 e. The lowest BCUT2D eigenvalue weighted by Crippen LogP contribution is -2.51. The van der Waals surface area contributed by atoms with Gasteiger partial charge in [0.1, 0.15) is 15.6 Å². The van der Waals surface area contributed by atoms with Crippen LogP contribution in [-0.4, -0.2) is 85.9 Å². The average Bonchev–Trinajstić information content (AvgIpc) is 3.46. The predicted octanol–water partition coefficient (Wildman–Crippen LogP) is 7.88. The van der Waals surface area contributed by atoms with Gasteiger partial charge in [0.25, 0.3) is 0 Å². The number of nitrogens with one attached hydrogen (secondary N) is 3. The van der Waals surface area contributed by atoms with Crippen molar-refractivity contribution in [1.82, 2.24) is 20.1 Å². The number of piperidine rings is 1. The van der Waals surface area contributed by atoms with E-state index >= 15 is 0 Å². The number of halogens is 1. The number of carbonyl (C=O) groups is 2. The first-order valence-corrected chi connectivity index (χ1v) is 20.4. The first-order valence-electron chi connectivity index (χ1n) is 17.4. The van der Waals surface area contributed by atoms with E-state index in [9.17, 15) is 18.0 Å². The van der Waals surface area contributed by atoms with Crippen molar-refractivity contribution in [3.8, 4) is 11.3 Å². The summed E-state index contributed by atoms with van der Waals surface area (Å²) < 4.78 is 31.7. The van der Waals surface area contributed by atoms with Gasteiger partial charge in [-0.3, -0.25) is 10.0 Å². The second-order valence-electron chi connectivity index (χ2n) is 13.9. The van der Waals surface area contributed by atoms with E-state index in [4.69, 9.17) is 16.3 Å². The molecule has 1 fully saturated rings. The third kappa shape index (κ3) is 11.7.